The molecule has 1 unspecified atom stereocenters. The Hall–Kier alpha value is -1.33. The van der Waals surface area contributed by atoms with Crippen LogP contribution >= 0.6 is 0 Å². The van der Waals surface area contributed by atoms with Crippen molar-refractivity contribution in [1.82, 2.24) is 0 Å². The van der Waals surface area contributed by atoms with Gasteiger partial charge in [-0.15, -0.1) is 0 Å². The molecule has 45 heavy (non-hydrogen) atoms. The summed E-state index contributed by atoms with van der Waals surface area (Å²) in [6, 6.07) is 0. The lowest BCUT2D eigenvalue weighted by atomic mass is 9.33. The summed E-state index contributed by atoms with van der Waals surface area (Å²) in [5.74, 6) is 0.0672. The van der Waals surface area contributed by atoms with Gasteiger partial charge in [-0.1, -0.05) is 58.4 Å². The van der Waals surface area contributed by atoms with Gasteiger partial charge in [-0.3, -0.25) is 4.79 Å². The molecule has 9 nitrogen and oxygen atoms in total. The minimum atomic E-state index is -1.65. The number of rotatable bonds is 4. The maximum atomic E-state index is 14.4. The van der Waals surface area contributed by atoms with Crippen LogP contribution in [0.1, 0.15) is 92.4 Å². The van der Waals surface area contributed by atoms with Crippen LogP contribution in [0.3, 0.4) is 0 Å². The third-order valence-corrected chi connectivity index (χ3v) is 15.1. The standard InChI is InChI=1S/C36H56O9/c1-19-9-14-36(31(43)45-30-29(42)28(41)27(40)22(17-37)44-30)16-15-34(5)21(26(36)20(19)2)7-8-24-32(3)12-11-25(39)33(4,18-38)23(32)10-13-35(24,34)6/h7,19,22-30,37-42H,2,8-18H2,1,3-6H3/t19-,22-,23-,24-,25+,26?,27-,28+,29-,30+,32+,33+,34-,35-,36+/m1/s1. The molecule has 1 saturated heterocycles. The zero-order valence-corrected chi connectivity index (χ0v) is 27.7. The molecule has 15 atom stereocenters. The Balaban J connectivity index is 1.36. The lowest BCUT2D eigenvalue weighted by Crippen LogP contribution is -2.66. The van der Waals surface area contributed by atoms with Crippen LogP contribution in [0.2, 0.25) is 0 Å². The second-order valence-corrected chi connectivity index (χ2v) is 16.7. The molecule has 0 aromatic carbocycles. The van der Waals surface area contributed by atoms with E-state index in [1.165, 1.54) is 5.57 Å². The molecule has 0 radical (unpaired) electrons. The maximum Gasteiger partial charge on any atom is 0.315 e. The van der Waals surface area contributed by atoms with Gasteiger partial charge in [0.25, 0.3) is 0 Å². The van der Waals surface area contributed by atoms with Gasteiger partial charge in [0.2, 0.25) is 6.29 Å². The third-order valence-electron chi connectivity index (χ3n) is 15.1. The monoisotopic (exact) mass is 632 g/mol. The second kappa shape index (κ2) is 11.1. The fourth-order valence-electron chi connectivity index (χ4n) is 11.8. The van der Waals surface area contributed by atoms with E-state index < -0.39 is 60.2 Å². The van der Waals surface area contributed by atoms with E-state index in [0.717, 1.165) is 44.1 Å². The summed E-state index contributed by atoms with van der Waals surface area (Å²) in [5.41, 5.74) is 0.562. The van der Waals surface area contributed by atoms with E-state index in [1.54, 1.807) is 0 Å². The Labute approximate surface area is 267 Å². The highest BCUT2D eigenvalue weighted by Gasteiger charge is 2.70. The van der Waals surface area contributed by atoms with E-state index in [0.29, 0.717) is 25.2 Å². The fraction of sp³-hybridized carbons (Fsp3) is 0.861. The summed E-state index contributed by atoms with van der Waals surface area (Å²) in [6.07, 6.45) is 1.57. The molecule has 0 spiro atoms. The highest BCUT2D eigenvalue weighted by atomic mass is 16.7. The highest BCUT2D eigenvalue weighted by Crippen LogP contribution is 2.75. The van der Waals surface area contributed by atoms with Crippen LogP contribution < -0.4 is 0 Å². The van der Waals surface area contributed by atoms with E-state index in [4.69, 9.17) is 9.47 Å². The van der Waals surface area contributed by atoms with E-state index in [9.17, 15) is 35.4 Å². The third kappa shape index (κ3) is 4.40. The lowest BCUT2D eigenvalue weighted by molar-refractivity contribution is -0.297. The van der Waals surface area contributed by atoms with Crippen molar-refractivity contribution in [3.8, 4) is 0 Å². The van der Waals surface area contributed by atoms with Gasteiger partial charge >= 0.3 is 5.97 Å². The van der Waals surface area contributed by atoms with Gasteiger partial charge in [0.15, 0.2) is 0 Å². The molecule has 6 rings (SSSR count). The number of allylic oxidation sites excluding steroid dienone is 3. The van der Waals surface area contributed by atoms with Crippen LogP contribution in [-0.4, -0.2) is 86.6 Å². The first-order valence-electron chi connectivity index (χ1n) is 17.3. The van der Waals surface area contributed by atoms with Gasteiger partial charge in [0.05, 0.1) is 24.7 Å². The summed E-state index contributed by atoms with van der Waals surface area (Å²) in [7, 11) is 0. The molecular weight excluding hydrogens is 576 g/mol. The Morgan fingerprint density at radius 1 is 0.933 bits per heavy atom. The SMILES string of the molecule is C=C1C2C3=CC[C@@H]4[C@@]5(C)CC[C@H](O)[C@@](C)(CO)[C@@H]5CC[C@@]4(C)[C@]3(C)CC[C@@]2(C(=O)O[C@@H]2O[C@H](CO)[C@@H](O)[C@H](O)[C@H]2O)CC[C@H]1C. The highest BCUT2D eigenvalue weighted by molar-refractivity contribution is 5.80. The van der Waals surface area contributed by atoms with Gasteiger partial charge in [-0.25, -0.2) is 0 Å². The van der Waals surface area contributed by atoms with Crippen molar-refractivity contribution >= 4 is 5.97 Å². The molecule has 0 aromatic rings. The van der Waals surface area contributed by atoms with Crippen molar-refractivity contribution in [1.29, 1.82) is 0 Å². The zero-order valence-electron chi connectivity index (χ0n) is 27.7. The quantitative estimate of drug-likeness (QED) is 0.202. The summed E-state index contributed by atoms with van der Waals surface area (Å²) in [5, 5.41) is 62.6. The van der Waals surface area contributed by atoms with E-state index >= 15 is 0 Å². The summed E-state index contributed by atoms with van der Waals surface area (Å²) in [4.78, 5) is 14.4. The molecule has 254 valence electrons. The average Bonchev–Trinajstić information content (AvgIpc) is 3.01. The number of aliphatic hydroxyl groups excluding tert-OH is 6. The van der Waals surface area contributed by atoms with Gasteiger partial charge in [-0.05, 0) is 91.8 Å². The molecule has 6 N–H and O–H groups in total. The maximum absolute atomic E-state index is 14.4. The molecule has 5 aliphatic carbocycles. The van der Waals surface area contributed by atoms with Gasteiger partial charge < -0.3 is 40.1 Å². The van der Waals surface area contributed by atoms with Crippen molar-refractivity contribution in [3.63, 3.8) is 0 Å². The number of ether oxygens (including phenoxy) is 2. The van der Waals surface area contributed by atoms with Crippen LogP contribution in [0, 0.1) is 50.7 Å². The van der Waals surface area contributed by atoms with Crippen LogP contribution in [0.25, 0.3) is 0 Å². The van der Waals surface area contributed by atoms with Crippen molar-refractivity contribution < 1.29 is 44.9 Å². The van der Waals surface area contributed by atoms with Crippen LogP contribution in [0.15, 0.2) is 23.8 Å². The molecular formula is C36H56O9. The summed E-state index contributed by atoms with van der Waals surface area (Å²) in [6.45, 7) is 15.4. The van der Waals surface area contributed by atoms with Gasteiger partial charge in [0.1, 0.15) is 24.4 Å². The first-order valence-corrected chi connectivity index (χ1v) is 17.3. The number of fused-ring (bicyclic) bond motifs is 7. The zero-order chi connectivity index (χ0) is 32.9. The summed E-state index contributed by atoms with van der Waals surface area (Å²) < 4.78 is 11.5. The van der Waals surface area contributed by atoms with E-state index in [1.807, 2.05) is 0 Å². The van der Waals surface area contributed by atoms with E-state index in [-0.39, 0.29) is 40.6 Å². The molecule has 5 fully saturated rings. The molecule has 6 aliphatic rings. The number of carbonyl (C=O) groups excluding carboxylic acids is 1. The number of esters is 1. The molecule has 9 heteroatoms. The van der Waals surface area contributed by atoms with Crippen LogP contribution in [0.4, 0.5) is 0 Å². The Morgan fingerprint density at radius 3 is 2.31 bits per heavy atom. The first-order chi connectivity index (χ1) is 21.1. The average molecular weight is 633 g/mol. The number of aliphatic hydroxyl groups is 6. The topological polar surface area (TPSA) is 157 Å². The molecule has 0 bridgehead atoms. The Kier molecular flexibility index (Phi) is 8.29. The van der Waals surface area contributed by atoms with E-state index in [2.05, 4.69) is 47.3 Å². The smallest absolute Gasteiger partial charge is 0.315 e. The predicted octanol–water partition coefficient (Wildman–Crippen LogP) is 3.24. The number of hydrogen-bond donors (Lipinski definition) is 6. The molecule has 4 saturated carbocycles. The molecule has 0 amide bonds. The molecule has 0 aromatic heterocycles. The van der Waals surface area contributed by atoms with Crippen molar-refractivity contribution in [2.75, 3.05) is 13.2 Å². The summed E-state index contributed by atoms with van der Waals surface area (Å²) >= 11 is 0. The van der Waals surface area contributed by atoms with Crippen LogP contribution in [0.5, 0.6) is 0 Å². The number of hydrogen-bond acceptors (Lipinski definition) is 9. The van der Waals surface area contributed by atoms with Gasteiger partial charge in [-0.2, -0.15) is 0 Å². The van der Waals surface area contributed by atoms with Crippen molar-refractivity contribution in [3.05, 3.63) is 23.8 Å². The lowest BCUT2D eigenvalue weighted by Gasteiger charge is -2.71. The molecule has 1 heterocycles. The second-order valence-electron chi connectivity index (χ2n) is 16.7. The normalized spacial score (nSPS) is 54.6. The number of carbonyl (C=O) groups is 1. The van der Waals surface area contributed by atoms with Crippen molar-refractivity contribution in [2.24, 2.45) is 50.7 Å². The van der Waals surface area contributed by atoms with Crippen LogP contribution in [-0.2, 0) is 14.3 Å². The Bertz CT molecular complexity index is 1230. The fourth-order valence-corrected chi connectivity index (χ4v) is 11.8. The Morgan fingerprint density at radius 2 is 1.64 bits per heavy atom. The predicted molar refractivity (Wildman–Crippen MR) is 166 cm³/mol. The first kappa shape index (κ1) is 33.6. The van der Waals surface area contributed by atoms with Crippen molar-refractivity contribution in [2.45, 2.75) is 129 Å². The minimum Gasteiger partial charge on any atom is -0.432 e. The van der Waals surface area contributed by atoms with Gasteiger partial charge in [0, 0.05) is 11.3 Å². The molecule has 1 aliphatic heterocycles. The largest absolute Gasteiger partial charge is 0.432 e. The minimum absolute atomic E-state index is 0.0188.